The number of nitriles is 1. The Morgan fingerprint density at radius 1 is 1.19 bits per heavy atom. The molecule has 0 atom stereocenters. The monoisotopic (exact) mass is 361 g/mol. The molecule has 0 bridgehead atoms. The van der Waals surface area contributed by atoms with E-state index in [0.717, 1.165) is 22.6 Å². The van der Waals surface area contributed by atoms with E-state index in [2.05, 4.69) is 6.07 Å². The van der Waals surface area contributed by atoms with Gasteiger partial charge in [-0.05, 0) is 61.4 Å². The second-order valence-electron chi connectivity index (χ2n) is 6.12. The number of nitrogens with zero attached hydrogens (tertiary/aromatic N) is 3. The standard InChI is InChI=1S/C21H16FN3O2/c1-14-10-17(15(2)24(14)20-8-6-19(22)7-9-20)11-18(13-23)16-4-3-5-21(12-16)25(26)27/h3-12H,1-2H3. The van der Waals surface area contributed by atoms with Crippen LogP contribution in [0, 0.1) is 41.1 Å². The summed E-state index contributed by atoms with van der Waals surface area (Å²) in [5.74, 6) is -0.307. The predicted molar refractivity (Wildman–Crippen MR) is 102 cm³/mol. The first-order chi connectivity index (χ1) is 12.9. The van der Waals surface area contributed by atoms with Gasteiger partial charge in [0, 0.05) is 29.2 Å². The number of halogens is 1. The molecule has 0 spiro atoms. The van der Waals surface area contributed by atoms with Crippen molar-refractivity contribution in [1.82, 2.24) is 4.57 Å². The van der Waals surface area contributed by atoms with E-state index in [1.54, 1.807) is 30.3 Å². The van der Waals surface area contributed by atoms with E-state index in [1.165, 1.54) is 24.3 Å². The van der Waals surface area contributed by atoms with Crippen LogP contribution < -0.4 is 0 Å². The van der Waals surface area contributed by atoms with Gasteiger partial charge in [0.25, 0.3) is 5.69 Å². The highest BCUT2D eigenvalue weighted by Gasteiger charge is 2.13. The Bertz CT molecular complexity index is 1090. The lowest BCUT2D eigenvalue weighted by molar-refractivity contribution is -0.384. The molecule has 0 aliphatic heterocycles. The Labute approximate surface area is 155 Å². The highest BCUT2D eigenvalue weighted by Crippen LogP contribution is 2.26. The summed E-state index contributed by atoms with van der Waals surface area (Å²) < 4.78 is 15.2. The minimum Gasteiger partial charge on any atom is -0.318 e. The summed E-state index contributed by atoms with van der Waals surface area (Å²) in [5, 5.41) is 20.5. The maximum atomic E-state index is 13.2. The van der Waals surface area contributed by atoms with Gasteiger partial charge in [-0.3, -0.25) is 10.1 Å². The minimum absolute atomic E-state index is 0.0644. The van der Waals surface area contributed by atoms with Crippen LogP contribution in [0.15, 0.2) is 54.6 Å². The van der Waals surface area contributed by atoms with Gasteiger partial charge in [-0.25, -0.2) is 4.39 Å². The van der Waals surface area contributed by atoms with Gasteiger partial charge < -0.3 is 4.57 Å². The van der Waals surface area contributed by atoms with Crippen LogP contribution in [0.5, 0.6) is 0 Å². The maximum absolute atomic E-state index is 13.2. The van der Waals surface area contributed by atoms with Gasteiger partial charge in [0.1, 0.15) is 5.82 Å². The number of benzene rings is 2. The van der Waals surface area contributed by atoms with Crippen LogP contribution in [0.4, 0.5) is 10.1 Å². The van der Waals surface area contributed by atoms with Crippen LogP contribution in [-0.4, -0.2) is 9.49 Å². The SMILES string of the molecule is Cc1cc(C=C(C#N)c2cccc([N+](=O)[O-])c2)c(C)n1-c1ccc(F)cc1. The molecule has 0 N–H and O–H groups in total. The average molecular weight is 361 g/mol. The van der Waals surface area contributed by atoms with Crippen molar-refractivity contribution in [3.8, 4) is 11.8 Å². The lowest BCUT2D eigenvalue weighted by Crippen LogP contribution is -1.99. The highest BCUT2D eigenvalue weighted by molar-refractivity contribution is 5.90. The highest BCUT2D eigenvalue weighted by atomic mass is 19.1. The number of aromatic nitrogens is 1. The molecule has 6 heteroatoms. The Kier molecular flexibility index (Phi) is 4.86. The van der Waals surface area contributed by atoms with Crippen molar-refractivity contribution in [2.24, 2.45) is 0 Å². The fraction of sp³-hybridized carbons (Fsp3) is 0.0952. The molecule has 0 fully saturated rings. The molecule has 0 aliphatic rings. The molecule has 0 aliphatic carbocycles. The molecule has 27 heavy (non-hydrogen) atoms. The molecule has 0 unspecified atom stereocenters. The van der Waals surface area contributed by atoms with Gasteiger partial charge in [-0.1, -0.05) is 12.1 Å². The topological polar surface area (TPSA) is 71.9 Å². The van der Waals surface area contributed by atoms with Crippen LogP contribution >= 0.6 is 0 Å². The molecule has 3 aromatic rings. The molecular formula is C21H16FN3O2. The largest absolute Gasteiger partial charge is 0.318 e. The van der Waals surface area contributed by atoms with E-state index in [1.807, 2.05) is 24.5 Å². The quantitative estimate of drug-likeness (QED) is 0.364. The second-order valence-corrected chi connectivity index (χ2v) is 6.12. The number of aryl methyl sites for hydroxylation is 1. The third-order valence-electron chi connectivity index (χ3n) is 4.34. The molecule has 134 valence electrons. The van der Waals surface area contributed by atoms with Crippen LogP contribution in [0.1, 0.15) is 22.5 Å². The number of hydrogen-bond donors (Lipinski definition) is 0. The zero-order valence-electron chi connectivity index (χ0n) is 14.8. The Morgan fingerprint density at radius 3 is 2.52 bits per heavy atom. The number of nitro benzene ring substituents is 1. The maximum Gasteiger partial charge on any atom is 0.270 e. The van der Waals surface area contributed by atoms with Crippen LogP contribution in [-0.2, 0) is 0 Å². The smallest absolute Gasteiger partial charge is 0.270 e. The van der Waals surface area contributed by atoms with Gasteiger partial charge in [0.2, 0.25) is 0 Å². The third-order valence-corrected chi connectivity index (χ3v) is 4.34. The summed E-state index contributed by atoms with van der Waals surface area (Å²) in [6, 6.07) is 16.2. The van der Waals surface area contributed by atoms with Crippen molar-refractivity contribution in [3.05, 3.63) is 93.0 Å². The normalized spacial score (nSPS) is 11.3. The van der Waals surface area contributed by atoms with E-state index in [-0.39, 0.29) is 11.5 Å². The van der Waals surface area contributed by atoms with Crippen molar-refractivity contribution < 1.29 is 9.31 Å². The summed E-state index contributed by atoms with van der Waals surface area (Å²) >= 11 is 0. The summed E-state index contributed by atoms with van der Waals surface area (Å²) in [7, 11) is 0. The first kappa shape index (κ1) is 18.1. The molecule has 1 heterocycles. The van der Waals surface area contributed by atoms with Crippen LogP contribution in [0.25, 0.3) is 17.3 Å². The molecule has 0 saturated carbocycles. The Balaban J connectivity index is 2.07. The fourth-order valence-corrected chi connectivity index (χ4v) is 3.04. The molecule has 5 nitrogen and oxygen atoms in total. The molecule has 0 amide bonds. The summed E-state index contributed by atoms with van der Waals surface area (Å²) in [6.07, 6.45) is 1.71. The van der Waals surface area contributed by atoms with Crippen molar-refractivity contribution in [2.45, 2.75) is 13.8 Å². The van der Waals surface area contributed by atoms with E-state index in [9.17, 15) is 19.8 Å². The second kappa shape index (κ2) is 7.26. The third kappa shape index (κ3) is 3.62. The number of hydrogen-bond acceptors (Lipinski definition) is 3. The van der Waals surface area contributed by atoms with Crippen molar-refractivity contribution >= 4 is 17.3 Å². The zero-order valence-corrected chi connectivity index (χ0v) is 14.8. The summed E-state index contributed by atoms with van der Waals surface area (Å²) in [6.45, 7) is 3.83. The van der Waals surface area contributed by atoms with Gasteiger partial charge in [0.15, 0.2) is 0 Å². The molecular weight excluding hydrogens is 345 g/mol. The first-order valence-corrected chi connectivity index (χ1v) is 8.22. The van der Waals surface area contributed by atoms with E-state index in [0.29, 0.717) is 11.1 Å². The summed E-state index contributed by atoms with van der Waals surface area (Å²) in [5.41, 5.74) is 4.21. The van der Waals surface area contributed by atoms with Gasteiger partial charge in [-0.15, -0.1) is 0 Å². The summed E-state index contributed by atoms with van der Waals surface area (Å²) in [4.78, 5) is 10.5. The van der Waals surface area contributed by atoms with Gasteiger partial charge >= 0.3 is 0 Å². The van der Waals surface area contributed by atoms with Gasteiger partial charge in [0.05, 0.1) is 16.6 Å². The Morgan fingerprint density at radius 2 is 1.89 bits per heavy atom. The molecule has 3 rings (SSSR count). The average Bonchev–Trinajstić information content (AvgIpc) is 2.94. The van der Waals surface area contributed by atoms with Crippen LogP contribution in [0.3, 0.4) is 0 Å². The number of rotatable bonds is 4. The molecule has 0 radical (unpaired) electrons. The van der Waals surface area contributed by atoms with Gasteiger partial charge in [-0.2, -0.15) is 5.26 Å². The number of allylic oxidation sites excluding steroid dienone is 1. The van der Waals surface area contributed by atoms with Crippen molar-refractivity contribution in [1.29, 1.82) is 5.26 Å². The van der Waals surface area contributed by atoms with Crippen molar-refractivity contribution in [2.75, 3.05) is 0 Å². The first-order valence-electron chi connectivity index (χ1n) is 8.22. The number of non-ortho nitro benzene ring substituents is 1. The predicted octanol–water partition coefficient (Wildman–Crippen LogP) is 5.21. The zero-order chi connectivity index (χ0) is 19.6. The fourth-order valence-electron chi connectivity index (χ4n) is 3.04. The lowest BCUT2D eigenvalue weighted by Gasteiger charge is -2.09. The van der Waals surface area contributed by atoms with E-state index in [4.69, 9.17) is 0 Å². The lowest BCUT2D eigenvalue weighted by atomic mass is 10.0. The Hall–Kier alpha value is -3.72. The molecule has 2 aromatic carbocycles. The molecule has 1 aromatic heterocycles. The van der Waals surface area contributed by atoms with E-state index >= 15 is 0 Å². The minimum atomic E-state index is -0.487. The molecule has 0 saturated heterocycles. The number of nitro groups is 1. The van der Waals surface area contributed by atoms with Crippen LogP contribution in [0.2, 0.25) is 0 Å². The van der Waals surface area contributed by atoms with Crippen molar-refractivity contribution in [3.63, 3.8) is 0 Å². The van der Waals surface area contributed by atoms with E-state index < -0.39 is 4.92 Å².